The molecule has 0 radical (unpaired) electrons. The minimum Gasteiger partial charge on any atom is -0.338 e. The molecule has 3 aromatic rings. The van der Waals surface area contributed by atoms with Crippen LogP contribution in [-0.4, -0.2) is 31.7 Å². The molecule has 1 amide bonds. The number of halogens is 1. The van der Waals surface area contributed by atoms with Crippen LogP contribution in [0.3, 0.4) is 0 Å². The van der Waals surface area contributed by atoms with Crippen LogP contribution in [0, 0.1) is 5.82 Å². The number of aromatic nitrogens is 3. The van der Waals surface area contributed by atoms with Crippen molar-refractivity contribution in [3.05, 3.63) is 58.0 Å². The molecule has 28 heavy (non-hydrogen) atoms. The lowest BCUT2D eigenvalue weighted by atomic mass is 10.1. The van der Waals surface area contributed by atoms with Crippen molar-refractivity contribution < 1.29 is 9.18 Å². The molecule has 0 saturated carbocycles. The van der Waals surface area contributed by atoms with Crippen molar-refractivity contribution in [2.24, 2.45) is 0 Å². The molecule has 7 heteroatoms. The third-order valence-electron chi connectivity index (χ3n) is 5.29. The van der Waals surface area contributed by atoms with Gasteiger partial charge >= 0.3 is 5.69 Å². The van der Waals surface area contributed by atoms with E-state index in [2.05, 4.69) is 16.9 Å². The van der Waals surface area contributed by atoms with Gasteiger partial charge in [-0.3, -0.25) is 9.20 Å². The van der Waals surface area contributed by atoms with Crippen LogP contribution < -0.4 is 5.69 Å². The first-order valence-electron chi connectivity index (χ1n) is 9.74. The van der Waals surface area contributed by atoms with Crippen LogP contribution in [-0.2, 0) is 17.8 Å². The molecule has 1 N–H and O–H groups in total. The summed E-state index contributed by atoms with van der Waals surface area (Å²) in [7, 11) is 0. The molecule has 0 fully saturated rings. The summed E-state index contributed by atoms with van der Waals surface area (Å²) in [5.74, 6) is -0.256. The number of carbonyl (C=O) groups excluding carboxylic acids is 1. The van der Waals surface area contributed by atoms with E-state index >= 15 is 0 Å². The van der Waals surface area contributed by atoms with Crippen LogP contribution in [0.4, 0.5) is 4.39 Å². The second-order valence-electron chi connectivity index (χ2n) is 7.21. The first kappa shape index (κ1) is 18.4. The number of carbonyl (C=O) groups is 1. The van der Waals surface area contributed by atoms with Gasteiger partial charge in [0.25, 0.3) is 0 Å². The number of H-pyrrole nitrogens is 1. The van der Waals surface area contributed by atoms with E-state index in [1.807, 2.05) is 4.90 Å². The van der Waals surface area contributed by atoms with Crippen molar-refractivity contribution in [1.82, 2.24) is 19.3 Å². The fraction of sp³-hybridized carbons (Fsp3) is 0.381. The largest absolute Gasteiger partial charge is 0.338 e. The maximum atomic E-state index is 14.2. The lowest BCUT2D eigenvalue weighted by Crippen LogP contribution is -2.38. The first-order chi connectivity index (χ1) is 13.6. The third-order valence-corrected chi connectivity index (χ3v) is 5.29. The molecule has 146 valence electrons. The fourth-order valence-corrected chi connectivity index (χ4v) is 3.74. The summed E-state index contributed by atoms with van der Waals surface area (Å²) in [6.07, 6.45) is 5.68. The molecule has 6 nitrogen and oxygen atoms in total. The lowest BCUT2D eigenvalue weighted by molar-refractivity contribution is -0.132. The number of nitrogens with one attached hydrogen (secondary N) is 1. The molecule has 1 aromatic carbocycles. The van der Waals surface area contributed by atoms with Crippen LogP contribution in [0.5, 0.6) is 0 Å². The minimum absolute atomic E-state index is 0.129. The Hall–Kier alpha value is -2.96. The Kier molecular flexibility index (Phi) is 4.98. The van der Waals surface area contributed by atoms with Crippen LogP contribution in [0.15, 0.2) is 35.3 Å². The zero-order valence-electron chi connectivity index (χ0n) is 15.9. The number of hydrogen-bond donors (Lipinski definition) is 1. The number of hydrogen-bond acceptors (Lipinski definition) is 3. The second kappa shape index (κ2) is 7.58. The van der Waals surface area contributed by atoms with Gasteiger partial charge in [0.15, 0.2) is 0 Å². The van der Waals surface area contributed by atoms with E-state index in [9.17, 15) is 14.0 Å². The Labute approximate surface area is 162 Å². The minimum atomic E-state index is -0.385. The summed E-state index contributed by atoms with van der Waals surface area (Å²) in [5, 5.41) is 0. The molecule has 0 bridgehead atoms. The molecule has 1 aliphatic rings. The van der Waals surface area contributed by atoms with E-state index in [-0.39, 0.29) is 17.4 Å². The molecule has 3 heterocycles. The van der Waals surface area contributed by atoms with Crippen LogP contribution in [0.1, 0.15) is 43.9 Å². The molecule has 4 rings (SSSR count). The molecular weight excluding hydrogens is 359 g/mol. The van der Waals surface area contributed by atoms with Gasteiger partial charge in [-0.05, 0) is 18.6 Å². The standard InChI is InChI=1S/C21H23FN4O2/c1-2-3-4-9-19(27)25-11-10-17-15(12-25)20-23-18(13-26(20)21(28)24-17)14-7-5-6-8-16(14)22/h5-8,13H,2-4,9-12H2,1H3,(H,24,28). The van der Waals surface area contributed by atoms with Gasteiger partial charge in [0.2, 0.25) is 5.91 Å². The highest BCUT2D eigenvalue weighted by Crippen LogP contribution is 2.26. The summed E-state index contributed by atoms with van der Waals surface area (Å²) in [6.45, 7) is 3.11. The van der Waals surface area contributed by atoms with Gasteiger partial charge in [-0.15, -0.1) is 0 Å². The zero-order chi connectivity index (χ0) is 19.7. The van der Waals surface area contributed by atoms with Crippen molar-refractivity contribution in [3.8, 4) is 11.3 Å². The van der Waals surface area contributed by atoms with Crippen molar-refractivity contribution >= 4 is 11.6 Å². The molecule has 0 spiro atoms. The summed E-state index contributed by atoms with van der Waals surface area (Å²) in [6, 6.07) is 6.36. The molecule has 0 aliphatic carbocycles. The van der Waals surface area contributed by atoms with E-state index < -0.39 is 0 Å². The van der Waals surface area contributed by atoms with Crippen LogP contribution in [0.2, 0.25) is 0 Å². The topological polar surface area (TPSA) is 70.5 Å². The van der Waals surface area contributed by atoms with Gasteiger partial charge in [0.1, 0.15) is 11.5 Å². The Morgan fingerprint density at radius 2 is 2.11 bits per heavy atom. The maximum Gasteiger partial charge on any atom is 0.331 e. The third kappa shape index (κ3) is 3.32. The summed E-state index contributed by atoms with van der Waals surface area (Å²) < 4.78 is 15.6. The molecule has 0 atom stereocenters. The Morgan fingerprint density at radius 3 is 2.89 bits per heavy atom. The van der Waals surface area contributed by atoms with Gasteiger partial charge in [0, 0.05) is 42.4 Å². The van der Waals surface area contributed by atoms with Gasteiger partial charge in [-0.1, -0.05) is 31.9 Å². The van der Waals surface area contributed by atoms with E-state index in [1.54, 1.807) is 24.4 Å². The number of fused-ring (bicyclic) bond motifs is 3. The quantitative estimate of drug-likeness (QED) is 0.689. The zero-order valence-corrected chi connectivity index (χ0v) is 15.9. The van der Waals surface area contributed by atoms with E-state index in [1.165, 1.54) is 10.5 Å². The Morgan fingerprint density at radius 1 is 1.29 bits per heavy atom. The number of aromatic amines is 1. The van der Waals surface area contributed by atoms with E-state index in [0.717, 1.165) is 30.5 Å². The van der Waals surface area contributed by atoms with Gasteiger partial charge in [-0.25, -0.2) is 14.2 Å². The second-order valence-corrected chi connectivity index (χ2v) is 7.21. The number of rotatable bonds is 5. The maximum absolute atomic E-state index is 14.2. The highest BCUT2D eigenvalue weighted by Gasteiger charge is 2.25. The van der Waals surface area contributed by atoms with Gasteiger partial charge in [0.05, 0.1) is 12.2 Å². The van der Waals surface area contributed by atoms with Gasteiger partial charge in [-0.2, -0.15) is 0 Å². The fourth-order valence-electron chi connectivity index (χ4n) is 3.74. The van der Waals surface area contributed by atoms with E-state index in [0.29, 0.717) is 42.8 Å². The number of unbranched alkanes of at least 4 members (excludes halogenated alkanes) is 2. The highest BCUT2D eigenvalue weighted by atomic mass is 19.1. The molecule has 0 saturated heterocycles. The number of nitrogens with zero attached hydrogens (tertiary/aromatic N) is 3. The average molecular weight is 382 g/mol. The van der Waals surface area contributed by atoms with Crippen molar-refractivity contribution in [3.63, 3.8) is 0 Å². The predicted molar refractivity (Wildman–Crippen MR) is 104 cm³/mol. The normalized spacial score (nSPS) is 13.7. The van der Waals surface area contributed by atoms with E-state index in [4.69, 9.17) is 0 Å². The smallest absolute Gasteiger partial charge is 0.331 e. The van der Waals surface area contributed by atoms with Gasteiger partial charge < -0.3 is 9.88 Å². The SMILES string of the molecule is CCCCCC(=O)N1CCc2[nH]c(=O)n3cc(-c4ccccc4F)nc3c2C1. The monoisotopic (exact) mass is 382 g/mol. The van der Waals surface area contributed by atoms with Crippen molar-refractivity contribution in [1.29, 1.82) is 0 Å². The number of benzene rings is 1. The van der Waals surface area contributed by atoms with Crippen LogP contribution >= 0.6 is 0 Å². The molecule has 1 aliphatic heterocycles. The van der Waals surface area contributed by atoms with Crippen molar-refractivity contribution in [2.75, 3.05) is 6.54 Å². The number of amides is 1. The molecule has 0 unspecified atom stereocenters. The van der Waals surface area contributed by atoms with Crippen molar-refractivity contribution in [2.45, 2.75) is 45.6 Å². The highest BCUT2D eigenvalue weighted by molar-refractivity contribution is 5.77. The van der Waals surface area contributed by atoms with Crippen LogP contribution in [0.25, 0.3) is 16.9 Å². The summed E-state index contributed by atoms with van der Waals surface area (Å²) in [4.78, 5) is 34.3. The molecular formula is C21H23FN4O2. The Bertz CT molecular complexity index is 1090. The molecule has 2 aromatic heterocycles. The number of imidazole rings is 1. The predicted octanol–water partition coefficient (Wildman–Crippen LogP) is 3.29. The summed E-state index contributed by atoms with van der Waals surface area (Å²) in [5.41, 5.74) is 2.58. The lowest BCUT2D eigenvalue weighted by Gasteiger charge is -2.28. The average Bonchev–Trinajstić information content (AvgIpc) is 3.14. The summed E-state index contributed by atoms with van der Waals surface area (Å²) >= 11 is 0. The Balaban J connectivity index is 1.71. The first-order valence-corrected chi connectivity index (χ1v) is 9.74.